The Balaban J connectivity index is 1.72. The van der Waals surface area contributed by atoms with Gasteiger partial charge in [0.25, 0.3) is 5.91 Å². The summed E-state index contributed by atoms with van der Waals surface area (Å²) in [4.78, 5) is 12.1. The van der Waals surface area contributed by atoms with Crippen LogP contribution in [0.15, 0.2) is 54.6 Å². The third kappa shape index (κ3) is 4.07. The zero-order valence-corrected chi connectivity index (χ0v) is 14.4. The third-order valence-electron chi connectivity index (χ3n) is 3.45. The Labute approximate surface area is 154 Å². The molecule has 0 saturated heterocycles. The van der Waals surface area contributed by atoms with Gasteiger partial charge in [-0.2, -0.15) is 0 Å². The van der Waals surface area contributed by atoms with Crippen molar-refractivity contribution < 1.29 is 13.9 Å². The molecule has 3 rings (SSSR count). The van der Waals surface area contributed by atoms with Crippen molar-refractivity contribution in [3.63, 3.8) is 0 Å². The standard InChI is InChI=1S/C18H14ClFN4O2/c1-26-15-7-6-11(19)10-14(15)21-16-8-9-17(24-23-16)22-18(25)12-4-2-3-5-13(12)20/h2-10H,1H3,(H,21,23)(H,22,24,25). The summed E-state index contributed by atoms with van der Waals surface area (Å²) in [6, 6.07) is 14.0. The maximum Gasteiger partial charge on any atom is 0.259 e. The lowest BCUT2D eigenvalue weighted by Crippen LogP contribution is -2.15. The Morgan fingerprint density at radius 1 is 1.08 bits per heavy atom. The minimum absolute atomic E-state index is 0.0693. The van der Waals surface area contributed by atoms with Crippen molar-refractivity contribution in [3.05, 3.63) is 71.0 Å². The van der Waals surface area contributed by atoms with Gasteiger partial charge in [0, 0.05) is 5.02 Å². The minimum atomic E-state index is -0.607. The van der Waals surface area contributed by atoms with E-state index in [9.17, 15) is 9.18 Å². The summed E-state index contributed by atoms with van der Waals surface area (Å²) in [5, 5.41) is 13.9. The molecule has 1 heterocycles. The molecule has 0 bridgehead atoms. The first-order valence-electron chi connectivity index (χ1n) is 7.57. The molecule has 2 N–H and O–H groups in total. The van der Waals surface area contributed by atoms with Gasteiger partial charge >= 0.3 is 0 Å². The van der Waals surface area contributed by atoms with Gasteiger partial charge in [-0.1, -0.05) is 23.7 Å². The van der Waals surface area contributed by atoms with E-state index >= 15 is 0 Å². The quantitative estimate of drug-likeness (QED) is 0.699. The molecule has 26 heavy (non-hydrogen) atoms. The minimum Gasteiger partial charge on any atom is -0.495 e. The first-order chi connectivity index (χ1) is 12.6. The van der Waals surface area contributed by atoms with Crippen molar-refractivity contribution in [2.45, 2.75) is 0 Å². The molecule has 0 aliphatic heterocycles. The van der Waals surface area contributed by atoms with Crippen molar-refractivity contribution >= 4 is 34.8 Å². The van der Waals surface area contributed by atoms with Crippen molar-refractivity contribution in [2.24, 2.45) is 0 Å². The fraction of sp³-hybridized carbons (Fsp3) is 0.0556. The van der Waals surface area contributed by atoms with Gasteiger partial charge < -0.3 is 15.4 Å². The number of anilines is 3. The van der Waals surface area contributed by atoms with E-state index in [2.05, 4.69) is 20.8 Å². The van der Waals surface area contributed by atoms with Crippen molar-refractivity contribution in [2.75, 3.05) is 17.7 Å². The number of aromatic nitrogens is 2. The van der Waals surface area contributed by atoms with Crippen LogP contribution in [0.1, 0.15) is 10.4 Å². The molecule has 0 saturated carbocycles. The molecule has 0 aliphatic rings. The zero-order chi connectivity index (χ0) is 18.5. The molecule has 8 heteroatoms. The van der Waals surface area contributed by atoms with Crippen molar-refractivity contribution in [3.8, 4) is 5.75 Å². The smallest absolute Gasteiger partial charge is 0.259 e. The highest BCUT2D eigenvalue weighted by molar-refractivity contribution is 6.31. The number of hydrogen-bond acceptors (Lipinski definition) is 5. The van der Waals surface area contributed by atoms with Crippen LogP contribution in [0.2, 0.25) is 5.02 Å². The SMILES string of the molecule is COc1ccc(Cl)cc1Nc1ccc(NC(=O)c2ccccc2F)nn1. The van der Waals surface area contributed by atoms with Gasteiger partial charge in [-0.3, -0.25) is 4.79 Å². The van der Waals surface area contributed by atoms with Gasteiger partial charge in [0.2, 0.25) is 0 Å². The number of carbonyl (C=O) groups is 1. The Morgan fingerprint density at radius 2 is 1.81 bits per heavy atom. The predicted octanol–water partition coefficient (Wildman–Crippen LogP) is 4.27. The van der Waals surface area contributed by atoms with E-state index in [0.717, 1.165) is 0 Å². The molecule has 0 aliphatic carbocycles. The predicted molar refractivity (Wildman–Crippen MR) is 97.7 cm³/mol. The van der Waals surface area contributed by atoms with E-state index in [4.69, 9.17) is 16.3 Å². The number of halogens is 2. The fourth-order valence-corrected chi connectivity index (χ4v) is 2.38. The van der Waals surface area contributed by atoms with Crippen LogP contribution in [0, 0.1) is 5.82 Å². The average Bonchev–Trinajstić information content (AvgIpc) is 2.64. The normalized spacial score (nSPS) is 10.3. The van der Waals surface area contributed by atoms with Crippen LogP contribution in [0.3, 0.4) is 0 Å². The van der Waals surface area contributed by atoms with Crippen LogP contribution in [-0.4, -0.2) is 23.2 Å². The number of nitrogens with one attached hydrogen (secondary N) is 2. The van der Waals surface area contributed by atoms with Crippen molar-refractivity contribution in [1.82, 2.24) is 10.2 Å². The van der Waals surface area contributed by atoms with Crippen molar-refractivity contribution in [1.29, 1.82) is 0 Å². The Kier molecular flexibility index (Phi) is 5.28. The summed E-state index contributed by atoms with van der Waals surface area (Å²) in [6.07, 6.45) is 0. The van der Waals surface area contributed by atoms with Crippen LogP contribution in [0.4, 0.5) is 21.7 Å². The molecule has 0 atom stereocenters. The van der Waals surface area contributed by atoms with E-state index in [1.807, 2.05) is 0 Å². The molecule has 0 fully saturated rings. The van der Waals surface area contributed by atoms with E-state index in [-0.39, 0.29) is 11.4 Å². The summed E-state index contributed by atoms with van der Waals surface area (Å²) in [6.45, 7) is 0. The highest BCUT2D eigenvalue weighted by Crippen LogP contribution is 2.29. The molecule has 3 aromatic rings. The maximum atomic E-state index is 13.6. The lowest BCUT2D eigenvalue weighted by Gasteiger charge is -2.11. The summed E-state index contributed by atoms with van der Waals surface area (Å²) in [7, 11) is 1.54. The van der Waals surface area contributed by atoms with Gasteiger partial charge in [0.05, 0.1) is 18.4 Å². The number of carbonyl (C=O) groups excluding carboxylic acids is 1. The van der Waals surface area contributed by atoms with E-state index < -0.39 is 11.7 Å². The Hall–Kier alpha value is -3.19. The molecule has 6 nitrogen and oxygen atoms in total. The third-order valence-corrected chi connectivity index (χ3v) is 3.68. The fourth-order valence-electron chi connectivity index (χ4n) is 2.21. The Morgan fingerprint density at radius 3 is 2.50 bits per heavy atom. The maximum absolute atomic E-state index is 13.6. The highest BCUT2D eigenvalue weighted by atomic mass is 35.5. The van der Waals surface area contributed by atoms with Gasteiger partial charge in [-0.05, 0) is 42.5 Å². The summed E-state index contributed by atoms with van der Waals surface area (Å²) >= 11 is 5.98. The number of methoxy groups -OCH3 is 1. The molecule has 0 spiro atoms. The second-order valence-corrected chi connectivity index (χ2v) is 5.64. The van der Waals surface area contributed by atoms with Gasteiger partial charge in [-0.25, -0.2) is 4.39 Å². The monoisotopic (exact) mass is 372 g/mol. The second-order valence-electron chi connectivity index (χ2n) is 5.21. The number of rotatable bonds is 5. The van der Waals surface area contributed by atoms with Crippen LogP contribution in [-0.2, 0) is 0 Å². The summed E-state index contributed by atoms with van der Waals surface area (Å²) < 4.78 is 18.9. The van der Waals surface area contributed by atoms with E-state index in [0.29, 0.717) is 22.3 Å². The van der Waals surface area contributed by atoms with Gasteiger partial charge in [0.15, 0.2) is 11.6 Å². The number of hydrogen-bond donors (Lipinski definition) is 2. The van der Waals surface area contributed by atoms with Crippen LogP contribution in [0.5, 0.6) is 5.75 Å². The van der Waals surface area contributed by atoms with E-state index in [1.54, 1.807) is 43.5 Å². The first-order valence-corrected chi connectivity index (χ1v) is 7.95. The number of benzene rings is 2. The molecule has 2 aromatic carbocycles. The first kappa shape index (κ1) is 17.6. The molecular weight excluding hydrogens is 359 g/mol. The average molecular weight is 373 g/mol. The van der Waals surface area contributed by atoms with Gasteiger partial charge in [0.1, 0.15) is 11.6 Å². The zero-order valence-electron chi connectivity index (χ0n) is 13.7. The molecule has 1 aromatic heterocycles. The Bertz CT molecular complexity index is 935. The summed E-state index contributed by atoms with van der Waals surface area (Å²) in [5.41, 5.74) is 0.553. The second kappa shape index (κ2) is 7.79. The largest absolute Gasteiger partial charge is 0.495 e. The highest BCUT2D eigenvalue weighted by Gasteiger charge is 2.12. The summed E-state index contributed by atoms with van der Waals surface area (Å²) in [5.74, 6) is 0.00312. The number of nitrogens with zero attached hydrogens (tertiary/aromatic N) is 2. The molecular formula is C18H14ClFN4O2. The number of amides is 1. The lowest BCUT2D eigenvalue weighted by molar-refractivity contribution is 0.102. The van der Waals surface area contributed by atoms with Crippen LogP contribution in [0.25, 0.3) is 0 Å². The topological polar surface area (TPSA) is 76.1 Å². The molecule has 132 valence electrons. The van der Waals surface area contributed by atoms with E-state index in [1.165, 1.54) is 18.2 Å². The van der Waals surface area contributed by atoms with Crippen LogP contribution < -0.4 is 15.4 Å². The molecule has 0 radical (unpaired) electrons. The lowest BCUT2D eigenvalue weighted by atomic mass is 10.2. The molecule has 0 unspecified atom stereocenters. The molecule has 1 amide bonds. The van der Waals surface area contributed by atoms with Gasteiger partial charge in [-0.15, -0.1) is 10.2 Å². The number of ether oxygens (including phenoxy) is 1. The van der Waals surface area contributed by atoms with Crippen LogP contribution >= 0.6 is 11.6 Å².